The maximum atomic E-state index is 11.8. The van der Waals surface area contributed by atoms with Crippen LogP contribution in [0.15, 0.2) is 47.5 Å². The quantitative estimate of drug-likeness (QED) is 0.827. The number of fused-ring (bicyclic) bond motifs is 2. The molecule has 0 bridgehead atoms. The molecule has 0 saturated heterocycles. The second-order valence-corrected chi connectivity index (χ2v) is 8.92. The molecule has 2 heterocycles. The molecule has 6 heteroatoms. The standard InChI is InChI=1S/C18H17ClN2O2S/c1-24(22,23)13-6-4-5-12(9-13)14-10-20-17-15(16(14)19)18(11-21-17)7-2-3-8-18/h2-6,9-10H,7-8,11H2,1H3,(H,20,21). The predicted molar refractivity (Wildman–Crippen MR) is 96.3 cm³/mol. The minimum Gasteiger partial charge on any atom is -0.369 e. The molecule has 2 aromatic rings. The number of pyridine rings is 1. The second kappa shape index (κ2) is 5.33. The van der Waals surface area contributed by atoms with Gasteiger partial charge in [0.05, 0.1) is 9.92 Å². The lowest BCUT2D eigenvalue weighted by atomic mass is 9.80. The summed E-state index contributed by atoms with van der Waals surface area (Å²) in [6, 6.07) is 6.86. The number of nitrogens with one attached hydrogen (secondary N) is 1. The van der Waals surface area contributed by atoms with E-state index in [1.165, 1.54) is 6.26 Å². The van der Waals surface area contributed by atoms with Crippen molar-refractivity contribution in [1.29, 1.82) is 0 Å². The van der Waals surface area contributed by atoms with E-state index in [2.05, 4.69) is 22.5 Å². The molecule has 24 heavy (non-hydrogen) atoms. The normalized spacial score (nSPS) is 17.9. The van der Waals surface area contributed by atoms with E-state index in [9.17, 15) is 8.42 Å². The molecule has 1 N–H and O–H groups in total. The number of allylic oxidation sites excluding steroid dienone is 2. The minimum absolute atomic E-state index is 0.0239. The van der Waals surface area contributed by atoms with E-state index >= 15 is 0 Å². The molecule has 1 aliphatic carbocycles. The molecular weight excluding hydrogens is 344 g/mol. The average Bonchev–Trinajstić information content (AvgIpc) is 3.16. The van der Waals surface area contributed by atoms with E-state index in [1.54, 1.807) is 24.4 Å². The van der Waals surface area contributed by atoms with Gasteiger partial charge < -0.3 is 5.32 Å². The van der Waals surface area contributed by atoms with E-state index in [1.807, 2.05) is 6.07 Å². The summed E-state index contributed by atoms with van der Waals surface area (Å²) in [7, 11) is -3.27. The molecule has 0 atom stereocenters. The summed E-state index contributed by atoms with van der Waals surface area (Å²) in [6.45, 7) is 0.828. The first-order chi connectivity index (χ1) is 11.4. The Morgan fingerprint density at radius 2 is 2.00 bits per heavy atom. The molecule has 1 spiro atoms. The smallest absolute Gasteiger partial charge is 0.175 e. The van der Waals surface area contributed by atoms with E-state index in [-0.39, 0.29) is 10.3 Å². The van der Waals surface area contributed by atoms with Crippen LogP contribution in [0.1, 0.15) is 18.4 Å². The number of rotatable bonds is 2. The molecule has 2 aliphatic rings. The van der Waals surface area contributed by atoms with Gasteiger partial charge in [0.1, 0.15) is 5.82 Å². The summed E-state index contributed by atoms with van der Waals surface area (Å²) >= 11 is 6.77. The highest BCUT2D eigenvalue weighted by Crippen LogP contribution is 2.49. The maximum Gasteiger partial charge on any atom is 0.175 e. The first-order valence-electron chi connectivity index (χ1n) is 7.79. The number of halogens is 1. The van der Waals surface area contributed by atoms with Crippen LogP contribution in [0, 0.1) is 0 Å². The van der Waals surface area contributed by atoms with Crippen LogP contribution in [-0.2, 0) is 15.3 Å². The number of benzene rings is 1. The highest BCUT2D eigenvalue weighted by molar-refractivity contribution is 7.90. The fourth-order valence-corrected chi connectivity index (χ4v) is 4.71. The highest BCUT2D eigenvalue weighted by atomic mass is 35.5. The van der Waals surface area contributed by atoms with Crippen molar-refractivity contribution >= 4 is 27.3 Å². The van der Waals surface area contributed by atoms with Crippen molar-refractivity contribution < 1.29 is 8.42 Å². The van der Waals surface area contributed by atoms with Crippen molar-refractivity contribution in [2.45, 2.75) is 23.2 Å². The summed E-state index contributed by atoms with van der Waals surface area (Å²) in [5.74, 6) is 0.840. The monoisotopic (exact) mass is 360 g/mol. The minimum atomic E-state index is -3.27. The van der Waals surface area contributed by atoms with Gasteiger partial charge in [0, 0.05) is 35.5 Å². The van der Waals surface area contributed by atoms with Gasteiger partial charge in [-0.2, -0.15) is 0 Å². The van der Waals surface area contributed by atoms with Crippen LogP contribution in [-0.4, -0.2) is 26.2 Å². The van der Waals surface area contributed by atoms with E-state index in [4.69, 9.17) is 11.6 Å². The zero-order valence-corrected chi connectivity index (χ0v) is 14.8. The first-order valence-corrected chi connectivity index (χ1v) is 10.1. The van der Waals surface area contributed by atoms with Crippen LogP contribution in [0.2, 0.25) is 5.02 Å². The predicted octanol–water partition coefficient (Wildman–Crippen LogP) is 3.82. The molecule has 0 radical (unpaired) electrons. The van der Waals surface area contributed by atoms with Gasteiger partial charge in [-0.15, -0.1) is 0 Å². The molecule has 4 nitrogen and oxygen atoms in total. The molecule has 4 rings (SSSR count). The Morgan fingerprint density at radius 3 is 2.71 bits per heavy atom. The van der Waals surface area contributed by atoms with E-state index in [0.29, 0.717) is 5.02 Å². The van der Waals surface area contributed by atoms with E-state index in [0.717, 1.165) is 41.9 Å². The average molecular weight is 361 g/mol. The summed E-state index contributed by atoms with van der Waals surface area (Å²) in [4.78, 5) is 4.82. The van der Waals surface area contributed by atoms with Crippen LogP contribution in [0.3, 0.4) is 0 Å². The molecule has 0 unspecified atom stereocenters. The van der Waals surface area contributed by atoms with Gasteiger partial charge in [0.25, 0.3) is 0 Å². The summed E-state index contributed by atoms with van der Waals surface area (Å²) < 4.78 is 23.7. The Labute approximate surface area is 146 Å². The summed E-state index contributed by atoms with van der Waals surface area (Å²) in [5.41, 5.74) is 2.57. The Hall–Kier alpha value is -1.85. The Bertz CT molecular complexity index is 959. The van der Waals surface area contributed by atoms with Crippen molar-refractivity contribution in [3.05, 3.63) is 53.2 Å². The third-order valence-corrected chi connectivity index (χ3v) is 6.40. The number of aromatic nitrogens is 1. The molecule has 0 amide bonds. The topological polar surface area (TPSA) is 59.1 Å². The maximum absolute atomic E-state index is 11.8. The van der Waals surface area contributed by atoms with Crippen molar-refractivity contribution in [2.75, 3.05) is 18.1 Å². The van der Waals surface area contributed by atoms with Gasteiger partial charge in [0.15, 0.2) is 9.84 Å². The van der Waals surface area contributed by atoms with Crippen LogP contribution in [0.25, 0.3) is 11.1 Å². The lowest BCUT2D eigenvalue weighted by Crippen LogP contribution is -2.25. The zero-order valence-electron chi connectivity index (χ0n) is 13.2. The largest absolute Gasteiger partial charge is 0.369 e. The number of hydrogen-bond donors (Lipinski definition) is 1. The van der Waals surface area contributed by atoms with Crippen molar-refractivity contribution in [3.63, 3.8) is 0 Å². The van der Waals surface area contributed by atoms with Crippen LogP contribution in [0.5, 0.6) is 0 Å². The number of hydrogen-bond acceptors (Lipinski definition) is 4. The van der Waals surface area contributed by atoms with Crippen molar-refractivity contribution in [3.8, 4) is 11.1 Å². The van der Waals surface area contributed by atoms with Gasteiger partial charge in [-0.25, -0.2) is 13.4 Å². The SMILES string of the molecule is CS(=O)(=O)c1cccc(-c2cnc3c(c2Cl)C2(CC=CC2)CN3)c1. The lowest BCUT2D eigenvalue weighted by Gasteiger charge is -2.24. The number of anilines is 1. The molecule has 0 fully saturated rings. The molecule has 124 valence electrons. The van der Waals surface area contributed by atoms with Crippen molar-refractivity contribution in [1.82, 2.24) is 4.98 Å². The van der Waals surface area contributed by atoms with E-state index < -0.39 is 9.84 Å². The van der Waals surface area contributed by atoms with Gasteiger partial charge in [-0.3, -0.25) is 0 Å². The van der Waals surface area contributed by atoms with Gasteiger partial charge in [-0.05, 0) is 30.5 Å². The Kier molecular flexibility index (Phi) is 3.48. The number of nitrogens with zero attached hydrogens (tertiary/aromatic N) is 1. The Balaban J connectivity index is 1.87. The molecule has 1 aliphatic heterocycles. The second-order valence-electron chi connectivity index (χ2n) is 6.52. The molecular formula is C18H17ClN2O2S. The summed E-state index contributed by atoms with van der Waals surface area (Å²) in [5, 5.41) is 4.02. The highest BCUT2D eigenvalue weighted by Gasteiger charge is 2.42. The van der Waals surface area contributed by atoms with Crippen molar-refractivity contribution in [2.24, 2.45) is 0 Å². The summed E-state index contributed by atoms with van der Waals surface area (Å²) in [6.07, 6.45) is 9.19. The number of sulfone groups is 1. The fourth-order valence-electron chi connectivity index (χ4n) is 3.59. The molecule has 1 aromatic carbocycles. The van der Waals surface area contributed by atoms with Gasteiger partial charge >= 0.3 is 0 Å². The zero-order chi connectivity index (χ0) is 16.9. The fraction of sp³-hybridized carbons (Fsp3) is 0.278. The van der Waals surface area contributed by atoms with Crippen LogP contribution < -0.4 is 5.32 Å². The third-order valence-electron chi connectivity index (χ3n) is 4.90. The third kappa shape index (κ3) is 2.34. The molecule has 0 saturated carbocycles. The lowest BCUT2D eigenvalue weighted by molar-refractivity contribution is 0.509. The van der Waals surface area contributed by atoms with Gasteiger partial charge in [-0.1, -0.05) is 35.9 Å². The van der Waals surface area contributed by atoms with Crippen LogP contribution in [0.4, 0.5) is 5.82 Å². The van der Waals surface area contributed by atoms with Crippen LogP contribution >= 0.6 is 11.6 Å². The molecule has 1 aromatic heterocycles. The first kappa shape index (κ1) is 15.7. The van der Waals surface area contributed by atoms with Gasteiger partial charge in [0.2, 0.25) is 0 Å². The Morgan fingerprint density at radius 1 is 1.25 bits per heavy atom.